The van der Waals surface area contributed by atoms with Gasteiger partial charge in [0.25, 0.3) is 0 Å². The zero-order valence-electron chi connectivity index (χ0n) is 11.8. The summed E-state index contributed by atoms with van der Waals surface area (Å²) in [6.07, 6.45) is 4.08. The number of nitrogens with one attached hydrogen (secondary N) is 1. The normalized spacial score (nSPS) is 19.9. The maximum absolute atomic E-state index is 5.27. The lowest BCUT2D eigenvalue weighted by molar-refractivity contribution is 0.156. The van der Waals surface area contributed by atoms with Crippen molar-refractivity contribution < 1.29 is 4.84 Å². The van der Waals surface area contributed by atoms with E-state index in [-0.39, 0.29) is 5.41 Å². The molecule has 1 aliphatic carbocycles. The number of oxime groups is 1. The van der Waals surface area contributed by atoms with Gasteiger partial charge in [0.15, 0.2) is 0 Å². The predicted octanol–water partition coefficient (Wildman–Crippen LogP) is 3.08. The Balaban J connectivity index is 2.40. The highest BCUT2D eigenvalue weighted by Crippen LogP contribution is 2.35. The maximum atomic E-state index is 5.27. The Kier molecular flexibility index (Phi) is 3.73. The lowest BCUT2D eigenvalue weighted by atomic mass is 9.75. The molecule has 1 aromatic rings. The molecule has 18 heavy (non-hydrogen) atoms. The zero-order chi connectivity index (χ0) is 13.2. The Morgan fingerprint density at radius 3 is 2.78 bits per heavy atom. The van der Waals surface area contributed by atoms with Gasteiger partial charge in [-0.3, -0.25) is 5.10 Å². The van der Waals surface area contributed by atoms with Crippen LogP contribution in [0.15, 0.2) is 5.16 Å². The number of aromatic nitrogens is 2. The topological polar surface area (TPSA) is 50.3 Å². The molecule has 0 atom stereocenters. The van der Waals surface area contributed by atoms with Crippen molar-refractivity contribution in [1.29, 1.82) is 0 Å². The Hall–Kier alpha value is -1.32. The summed E-state index contributed by atoms with van der Waals surface area (Å²) in [5, 5.41) is 11.9. The maximum Gasteiger partial charge on any atom is 0.114 e. The fraction of sp³-hybridized carbons (Fsp3) is 0.714. The van der Waals surface area contributed by atoms with Crippen LogP contribution < -0.4 is 0 Å². The first-order valence-corrected chi connectivity index (χ1v) is 6.82. The van der Waals surface area contributed by atoms with Crippen molar-refractivity contribution in [3.05, 3.63) is 17.0 Å². The zero-order valence-corrected chi connectivity index (χ0v) is 11.8. The third-order valence-corrected chi connectivity index (χ3v) is 3.30. The summed E-state index contributed by atoms with van der Waals surface area (Å²) in [7, 11) is 0. The fourth-order valence-corrected chi connectivity index (χ4v) is 2.61. The third-order valence-electron chi connectivity index (χ3n) is 3.30. The monoisotopic (exact) mass is 249 g/mol. The molecule has 0 spiro atoms. The first-order chi connectivity index (χ1) is 8.57. The van der Waals surface area contributed by atoms with Gasteiger partial charge >= 0.3 is 0 Å². The number of aromatic amines is 1. The van der Waals surface area contributed by atoms with Crippen molar-refractivity contribution in [3.8, 4) is 0 Å². The molecule has 100 valence electrons. The van der Waals surface area contributed by atoms with Gasteiger partial charge in [-0.1, -0.05) is 32.3 Å². The second-order valence-corrected chi connectivity index (χ2v) is 5.75. The Labute approximate surface area is 109 Å². The van der Waals surface area contributed by atoms with Crippen LogP contribution in [-0.2, 0) is 17.7 Å². The van der Waals surface area contributed by atoms with E-state index in [0.29, 0.717) is 6.61 Å². The van der Waals surface area contributed by atoms with Crippen LogP contribution in [0.25, 0.3) is 0 Å². The molecule has 2 rings (SSSR count). The Morgan fingerprint density at radius 2 is 2.11 bits per heavy atom. The summed E-state index contributed by atoms with van der Waals surface area (Å²) in [6.45, 7) is 9.27. The molecular weight excluding hydrogens is 226 g/mol. The van der Waals surface area contributed by atoms with E-state index in [1.165, 1.54) is 11.3 Å². The summed E-state index contributed by atoms with van der Waals surface area (Å²) >= 11 is 0. The van der Waals surface area contributed by atoms with Gasteiger partial charge in [0.2, 0.25) is 0 Å². The molecule has 0 bridgehead atoms. The van der Waals surface area contributed by atoms with E-state index in [0.717, 1.165) is 37.1 Å². The van der Waals surface area contributed by atoms with Crippen LogP contribution in [0.5, 0.6) is 0 Å². The highest BCUT2D eigenvalue weighted by atomic mass is 16.6. The quantitative estimate of drug-likeness (QED) is 0.834. The molecule has 0 saturated heterocycles. The standard InChI is InChI=1S/C14H23N3O/c1-5-7-10-13-11(16-15-10)8-14(3,4)9-12(13)17-18-6-2/h5-9H2,1-4H3,(H,15,16)/b17-12+. The van der Waals surface area contributed by atoms with Crippen LogP contribution in [0.2, 0.25) is 0 Å². The van der Waals surface area contributed by atoms with E-state index < -0.39 is 0 Å². The average Bonchev–Trinajstić information content (AvgIpc) is 2.68. The highest BCUT2D eigenvalue weighted by Gasteiger charge is 2.33. The smallest absolute Gasteiger partial charge is 0.114 e. The van der Waals surface area contributed by atoms with E-state index >= 15 is 0 Å². The van der Waals surface area contributed by atoms with Crippen molar-refractivity contribution in [1.82, 2.24) is 10.2 Å². The molecule has 0 radical (unpaired) electrons. The van der Waals surface area contributed by atoms with Crippen molar-refractivity contribution >= 4 is 5.71 Å². The van der Waals surface area contributed by atoms with Crippen LogP contribution in [0.4, 0.5) is 0 Å². The first kappa shape index (κ1) is 13.1. The summed E-state index contributed by atoms with van der Waals surface area (Å²) in [5.74, 6) is 0. The summed E-state index contributed by atoms with van der Waals surface area (Å²) < 4.78 is 0. The van der Waals surface area contributed by atoms with E-state index in [2.05, 4.69) is 36.1 Å². The van der Waals surface area contributed by atoms with Crippen molar-refractivity contribution in [2.75, 3.05) is 6.61 Å². The number of H-pyrrole nitrogens is 1. The molecule has 0 amide bonds. The number of fused-ring (bicyclic) bond motifs is 1. The molecule has 1 heterocycles. The molecule has 4 heteroatoms. The number of rotatable bonds is 4. The van der Waals surface area contributed by atoms with Gasteiger partial charge in [-0.25, -0.2) is 0 Å². The van der Waals surface area contributed by atoms with Crippen molar-refractivity contribution in [3.63, 3.8) is 0 Å². The van der Waals surface area contributed by atoms with E-state index in [1.54, 1.807) is 0 Å². The molecule has 0 saturated carbocycles. The van der Waals surface area contributed by atoms with Gasteiger partial charge in [0, 0.05) is 11.3 Å². The van der Waals surface area contributed by atoms with Crippen LogP contribution >= 0.6 is 0 Å². The summed E-state index contributed by atoms with van der Waals surface area (Å²) in [4.78, 5) is 5.27. The molecule has 0 aromatic carbocycles. The lowest BCUT2D eigenvalue weighted by Crippen LogP contribution is -2.28. The van der Waals surface area contributed by atoms with Gasteiger partial charge in [0.05, 0.1) is 11.4 Å². The first-order valence-electron chi connectivity index (χ1n) is 6.82. The summed E-state index contributed by atoms with van der Waals surface area (Å²) in [5.41, 5.74) is 4.85. The minimum absolute atomic E-state index is 0.221. The third kappa shape index (κ3) is 2.57. The molecule has 1 aromatic heterocycles. The van der Waals surface area contributed by atoms with Crippen LogP contribution in [-0.4, -0.2) is 22.5 Å². The molecule has 1 aliphatic rings. The number of hydrogen-bond donors (Lipinski definition) is 1. The SMILES string of the molecule is CCCc1n[nH]c2c1/C(=N/OCC)CC(C)(C)C2. The predicted molar refractivity (Wildman–Crippen MR) is 72.8 cm³/mol. The van der Waals surface area contributed by atoms with Crippen LogP contribution in [0, 0.1) is 5.41 Å². The largest absolute Gasteiger partial charge is 0.396 e. The fourth-order valence-electron chi connectivity index (χ4n) is 2.61. The van der Waals surface area contributed by atoms with Crippen molar-refractivity contribution in [2.24, 2.45) is 10.6 Å². The van der Waals surface area contributed by atoms with Gasteiger partial charge in [0.1, 0.15) is 6.61 Å². The molecule has 0 aliphatic heterocycles. The van der Waals surface area contributed by atoms with Gasteiger partial charge < -0.3 is 4.84 Å². The van der Waals surface area contributed by atoms with Gasteiger partial charge in [-0.2, -0.15) is 5.10 Å². The average molecular weight is 249 g/mol. The number of nitrogens with zero attached hydrogens (tertiary/aromatic N) is 2. The lowest BCUT2D eigenvalue weighted by Gasteiger charge is -2.29. The molecule has 0 fully saturated rings. The van der Waals surface area contributed by atoms with Gasteiger partial charge in [-0.05, 0) is 31.6 Å². The molecule has 1 N–H and O–H groups in total. The summed E-state index contributed by atoms with van der Waals surface area (Å²) in [6, 6.07) is 0. The van der Waals surface area contributed by atoms with E-state index in [9.17, 15) is 0 Å². The minimum atomic E-state index is 0.221. The second kappa shape index (κ2) is 5.12. The van der Waals surface area contributed by atoms with E-state index in [1.807, 2.05) is 6.92 Å². The minimum Gasteiger partial charge on any atom is -0.396 e. The highest BCUT2D eigenvalue weighted by molar-refractivity contribution is 6.03. The Morgan fingerprint density at radius 1 is 1.33 bits per heavy atom. The van der Waals surface area contributed by atoms with E-state index in [4.69, 9.17) is 4.84 Å². The number of aryl methyl sites for hydroxylation is 1. The number of hydrogen-bond acceptors (Lipinski definition) is 3. The molecule has 0 unspecified atom stereocenters. The van der Waals surface area contributed by atoms with Crippen LogP contribution in [0.1, 0.15) is 57.5 Å². The van der Waals surface area contributed by atoms with Crippen molar-refractivity contribution in [2.45, 2.75) is 53.4 Å². The van der Waals surface area contributed by atoms with Crippen LogP contribution in [0.3, 0.4) is 0 Å². The Bertz CT molecular complexity index is 446. The molecular formula is C14H23N3O. The molecule has 4 nitrogen and oxygen atoms in total. The second-order valence-electron chi connectivity index (χ2n) is 5.75. The van der Waals surface area contributed by atoms with Gasteiger partial charge in [-0.15, -0.1) is 0 Å².